The third-order valence-electron chi connectivity index (χ3n) is 4.00. The Labute approximate surface area is 133 Å². The molecule has 0 amide bonds. The van der Waals surface area contributed by atoms with Crippen LogP contribution in [0.5, 0.6) is 0 Å². The standard InChI is InChI=1S/C15H18N4O2S/c1-10-16-17-14-9-18(12(15(20)21)8-19(10)14)7-11-5-3-4-6-13(11)22-2/h3-6,12H,7-9H2,1-2H3,(H,20,21). The Kier molecular flexibility index (Phi) is 4.17. The van der Waals surface area contributed by atoms with Crippen molar-refractivity contribution in [2.24, 2.45) is 0 Å². The molecule has 0 spiro atoms. The lowest BCUT2D eigenvalue weighted by Gasteiger charge is -2.33. The third kappa shape index (κ3) is 2.74. The molecule has 22 heavy (non-hydrogen) atoms. The minimum atomic E-state index is -0.805. The van der Waals surface area contributed by atoms with Gasteiger partial charge in [-0.2, -0.15) is 0 Å². The summed E-state index contributed by atoms with van der Waals surface area (Å²) in [5.74, 6) is 0.794. The highest BCUT2D eigenvalue weighted by molar-refractivity contribution is 7.98. The molecule has 116 valence electrons. The first-order valence-electron chi connectivity index (χ1n) is 7.07. The van der Waals surface area contributed by atoms with Crippen LogP contribution in [0.1, 0.15) is 17.2 Å². The number of aryl methyl sites for hydroxylation is 1. The Balaban J connectivity index is 1.90. The summed E-state index contributed by atoms with van der Waals surface area (Å²) < 4.78 is 1.90. The van der Waals surface area contributed by atoms with E-state index >= 15 is 0 Å². The fourth-order valence-electron chi connectivity index (χ4n) is 2.81. The first kappa shape index (κ1) is 15.1. The number of hydrogen-bond acceptors (Lipinski definition) is 5. The van der Waals surface area contributed by atoms with Crippen molar-refractivity contribution in [3.8, 4) is 0 Å². The molecule has 0 aliphatic carbocycles. The number of carboxylic acids is 1. The van der Waals surface area contributed by atoms with E-state index in [2.05, 4.69) is 22.3 Å². The van der Waals surface area contributed by atoms with E-state index in [4.69, 9.17) is 0 Å². The number of carbonyl (C=O) groups is 1. The molecule has 1 aliphatic rings. The van der Waals surface area contributed by atoms with Crippen LogP contribution in [0, 0.1) is 6.92 Å². The smallest absolute Gasteiger partial charge is 0.322 e. The summed E-state index contributed by atoms with van der Waals surface area (Å²) in [7, 11) is 0. The van der Waals surface area contributed by atoms with Crippen LogP contribution in [-0.4, -0.2) is 43.0 Å². The van der Waals surface area contributed by atoms with Crippen LogP contribution < -0.4 is 0 Å². The van der Waals surface area contributed by atoms with Crippen LogP contribution in [0.3, 0.4) is 0 Å². The van der Waals surface area contributed by atoms with Gasteiger partial charge in [0, 0.05) is 11.4 Å². The van der Waals surface area contributed by atoms with E-state index in [0.717, 1.165) is 17.2 Å². The largest absolute Gasteiger partial charge is 0.480 e. The zero-order valence-electron chi connectivity index (χ0n) is 12.6. The van der Waals surface area contributed by atoms with Gasteiger partial charge in [-0.05, 0) is 24.8 Å². The molecule has 0 saturated carbocycles. The predicted octanol–water partition coefficient (Wildman–Crippen LogP) is 1.78. The third-order valence-corrected chi connectivity index (χ3v) is 4.84. The quantitative estimate of drug-likeness (QED) is 0.867. The number of thioether (sulfide) groups is 1. The molecule has 2 aromatic rings. The highest BCUT2D eigenvalue weighted by Crippen LogP contribution is 2.25. The average Bonchev–Trinajstić information content (AvgIpc) is 2.87. The lowest BCUT2D eigenvalue weighted by Crippen LogP contribution is -2.47. The van der Waals surface area contributed by atoms with Gasteiger partial charge in [-0.1, -0.05) is 18.2 Å². The second-order valence-electron chi connectivity index (χ2n) is 5.34. The SMILES string of the molecule is CSc1ccccc1CN1Cc2nnc(C)n2CC1C(=O)O. The van der Waals surface area contributed by atoms with Gasteiger partial charge in [0.2, 0.25) is 0 Å². The monoisotopic (exact) mass is 318 g/mol. The normalized spacial score (nSPS) is 18.2. The van der Waals surface area contributed by atoms with E-state index in [-0.39, 0.29) is 0 Å². The summed E-state index contributed by atoms with van der Waals surface area (Å²) in [4.78, 5) is 14.8. The van der Waals surface area contributed by atoms with Crippen molar-refractivity contribution in [1.29, 1.82) is 0 Å². The van der Waals surface area contributed by atoms with Crippen LogP contribution in [0.2, 0.25) is 0 Å². The van der Waals surface area contributed by atoms with Gasteiger partial charge in [0.05, 0.1) is 13.1 Å². The van der Waals surface area contributed by atoms with E-state index in [1.165, 1.54) is 4.90 Å². The summed E-state index contributed by atoms with van der Waals surface area (Å²) in [6.45, 7) is 3.35. The van der Waals surface area contributed by atoms with Crippen LogP contribution in [-0.2, 0) is 24.4 Å². The van der Waals surface area contributed by atoms with Gasteiger partial charge in [0.25, 0.3) is 0 Å². The molecule has 1 N–H and O–H groups in total. The van der Waals surface area contributed by atoms with Gasteiger partial charge in [0.15, 0.2) is 0 Å². The van der Waals surface area contributed by atoms with Crippen molar-refractivity contribution in [2.75, 3.05) is 6.26 Å². The molecular weight excluding hydrogens is 300 g/mol. The van der Waals surface area contributed by atoms with E-state index in [1.807, 2.05) is 34.8 Å². The average molecular weight is 318 g/mol. The van der Waals surface area contributed by atoms with Crippen LogP contribution >= 0.6 is 11.8 Å². The Morgan fingerprint density at radius 1 is 1.41 bits per heavy atom. The van der Waals surface area contributed by atoms with Gasteiger partial charge < -0.3 is 9.67 Å². The highest BCUT2D eigenvalue weighted by Gasteiger charge is 2.33. The molecule has 2 heterocycles. The number of aromatic nitrogens is 3. The maximum atomic E-state index is 11.7. The Hall–Kier alpha value is -1.86. The number of aliphatic carboxylic acids is 1. The number of hydrogen-bond donors (Lipinski definition) is 1. The molecule has 6 nitrogen and oxygen atoms in total. The van der Waals surface area contributed by atoms with Gasteiger partial charge in [-0.15, -0.1) is 22.0 Å². The van der Waals surface area contributed by atoms with E-state index in [0.29, 0.717) is 19.6 Å². The first-order chi connectivity index (χ1) is 10.6. The number of fused-ring (bicyclic) bond motifs is 1. The summed E-state index contributed by atoms with van der Waals surface area (Å²) >= 11 is 1.68. The molecular formula is C15H18N4O2S. The summed E-state index contributed by atoms with van der Waals surface area (Å²) in [6, 6.07) is 7.54. The minimum Gasteiger partial charge on any atom is -0.480 e. The number of carboxylic acid groups (broad SMARTS) is 1. The molecule has 3 rings (SSSR count). The molecule has 1 aliphatic heterocycles. The van der Waals surface area contributed by atoms with Crippen LogP contribution in [0.15, 0.2) is 29.2 Å². The fourth-order valence-corrected chi connectivity index (χ4v) is 3.42. The molecule has 7 heteroatoms. The molecule has 0 radical (unpaired) electrons. The maximum absolute atomic E-state index is 11.7. The first-order valence-corrected chi connectivity index (χ1v) is 8.30. The highest BCUT2D eigenvalue weighted by atomic mass is 32.2. The predicted molar refractivity (Wildman–Crippen MR) is 83.7 cm³/mol. The summed E-state index contributed by atoms with van der Waals surface area (Å²) in [6.07, 6.45) is 2.03. The molecule has 0 fully saturated rings. The lowest BCUT2D eigenvalue weighted by molar-refractivity contribution is -0.145. The van der Waals surface area contributed by atoms with E-state index in [1.54, 1.807) is 11.8 Å². The van der Waals surface area contributed by atoms with Crippen molar-refractivity contribution < 1.29 is 9.90 Å². The van der Waals surface area contributed by atoms with Gasteiger partial charge >= 0.3 is 5.97 Å². The Morgan fingerprint density at radius 2 is 2.18 bits per heavy atom. The topological polar surface area (TPSA) is 71.2 Å². The van der Waals surface area contributed by atoms with Crippen molar-refractivity contribution in [2.45, 2.75) is 37.5 Å². The second kappa shape index (κ2) is 6.10. The van der Waals surface area contributed by atoms with Crippen molar-refractivity contribution in [3.05, 3.63) is 41.5 Å². The molecule has 0 saturated heterocycles. The van der Waals surface area contributed by atoms with Crippen molar-refractivity contribution in [3.63, 3.8) is 0 Å². The van der Waals surface area contributed by atoms with Crippen LogP contribution in [0.25, 0.3) is 0 Å². The molecule has 1 atom stereocenters. The van der Waals surface area contributed by atoms with Gasteiger partial charge in [0.1, 0.15) is 17.7 Å². The minimum absolute atomic E-state index is 0.394. The Bertz CT molecular complexity index is 701. The molecule has 1 aromatic carbocycles. The van der Waals surface area contributed by atoms with Crippen LogP contribution in [0.4, 0.5) is 0 Å². The Morgan fingerprint density at radius 3 is 2.91 bits per heavy atom. The van der Waals surface area contributed by atoms with Gasteiger partial charge in [-0.25, -0.2) is 0 Å². The summed E-state index contributed by atoms with van der Waals surface area (Å²) in [5.41, 5.74) is 1.14. The van der Waals surface area contributed by atoms with Crippen molar-refractivity contribution >= 4 is 17.7 Å². The zero-order valence-corrected chi connectivity index (χ0v) is 13.4. The number of benzene rings is 1. The second-order valence-corrected chi connectivity index (χ2v) is 6.19. The van der Waals surface area contributed by atoms with Gasteiger partial charge in [-0.3, -0.25) is 9.69 Å². The molecule has 1 unspecified atom stereocenters. The van der Waals surface area contributed by atoms with Crippen molar-refractivity contribution in [1.82, 2.24) is 19.7 Å². The van der Waals surface area contributed by atoms with E-state index in [9.17, 15) is 9.90 Å². The van der Waals surface area contributed by atoms with E-state index < -0.39 is 12.0 Å². The summed E-state index contributed by atoms with van der Waals surface area (Å²) in [5, 5.41) is 17.8. The number of rotatable bonds is 4. The molecule has 0 bridgehead atoms. The maximum Gasteiger partial charge on any atom is 0.322 e. The lowest BCUT2D eigenvalue weighted by atomic mass is 10.1. The zero-order chi connectivity index (χ0) is 15.7. The number of nitrogens with zero attached hydrogens (tertiary/aromatic N) is 4. The fraction of sp³-hybridized carbons (Fsp3) is 0.400. The molecule has 1 aromatic heterocycles.